The average molecular weight is 272 g/mol. The molecule has 4 heteroatoms. The van der Waals surface area contributed by atoms with Gasteiger partial charge >= 0.3 is 0 Å². The molecule has 1 aliphatic carbocycles. The Kier molecular flexibility index (Phi) is 5.42. The third-order valence-electron chi connectivity index (χ3n) is 3.01. The van der Waals surface area contributed by atoms with Crippen LogP contribution in [0.15, 0.2) is 18.2 Å². The average Bonchev–Trinajstić information content (AvgIpc) is 3.16. The number of nitrogens with one attached hydrogen (secondary N) is 1. The summed E-state index contributed by atoms with van der Waals surface area (Å²) in [6.45, 7) is 3.35. The molecule has 0 saturated heterocycles. The molecule has 0 spiro atoms. The van der Waals surface area contributed by atoms with Crippen LogP contribution in [0.2, 0.25) is 5.02 Å². The molecule has 18 heavy (non-hydrogen) atoms. The summed E-state index contributed by atoms with van der Waals surface area (Å²) in [6.07, 6.45) is 3.68. The lowest BCUT2D eigenvalue weighted by molar-refractivity contribution is 0.122. The minimum absolute atomic E-state index is 0.182. The van der Waals surface area contributed by atoms with Gasteiger partial charge in [0.15, 0.2) is 0 Å². The first-order valence-electron chi connectivity index (χ1n) is 6.48. The molecule has 100 valence electrons. The van der Waals surface area contributed by atoms with Crippen LogP contribution in [0.1, 0.15) is 24.8 Å². The van der Waals surface area contributed by atoms with Crippen molar-refractivity contribution in [3.8, 4) is 0 Å². The highest BCUT2D eigenvalue weighted by Crippen LogP contribution is 2.28. The van der Waals surface area contributed by atoms with E-state index in [1.165, 1.54) is 18.9 Å². The van der Waals surface area contributed by atoms with E-state index in [0.717, 1.165) is 37.7 Å². The van der Waals surface area contributed by atoms with E-state index in [-0.39, 0.29) is 10.8 Å². The van der Waals surface area contributed by atoms with Gasteiger partial charge < -0.3 is 10.1 Å². The van der Waals surface area contributed by atoms with E-state index in [1.807, 2.05) is 0 Å². The van der Waals surface area contributed by atoms with Gasteiger partial charge in [-0.3, -0.25) is 0 Å². The second-order valence-corrected chi connectivity index (χ2v) is 5.20. The predicted molar refractivity (Wildman–Crippen MR) is 71.3 cm³/mol. The van der Waals surface area contributed by atoms with E-state index in [2.05, 4.69) is 5.32 Å². The van der Waals surface area contributed by atoms with Crippen LogP contribution in [0, 0.1) is 11.7 Å². The Hall–Kier alpha value is -0.640. The zero-order valence-electron chi connectivity index (χ0n) is 10.4. The topological polar surface area (TPSA) is 21.3 Å². The maximum Gasteiger partial charge on any atom is 0.141 e. The molecule has 1 aromatic rings. The van der Waals surface area contributed by atoms with Crippen LogP contribution in [-0.2, 0) is 11.3 Å². The smallest absolute Gasteiger partial charge is 0.141 e. The molecule has 1 aliphatic rings. The highest BCUT2D eigenvalue weighted by molar-refractivity contribution is 6.30. The summed E-state index contributed by atoms with van der Waals surface area (Å²) in [6, 6.07) is 4.81. The molecule has 0 atom stereocenters. The van der Waals surface area contributed by atoms with E-state index >= 15 is 0 Å². The Labute approximate surface area is 112 Å². The van der Waals surface area contributed by atoms with E-state index in [1.54, 1.807) is 12.1 Å². The Morgan fingerprint density at radius 2 is 2.22 bits per heavy atom. The Bertz CT molecular complexity index is 382. The molecule has 1 fully saturated rings. The predicted octanol–water partition coefficient (Wildman–Crippen LogP) is 3.39. The Morgan fingerprint density at radius 1 is 1.39 bits per heavy atom. The van der Waals surface area contributed by atoms with Crippen molar-refractivity contribution in [1.82, 2.24) is 5.32 Å². The first kappa shape index (κ1) is 13.8. The number of hydrogen-bond donors (Lipinski definition) is 1. The van der Waals surface area contributed by atoms with Crippen molar-refractivity contribution in [2.24, 2.45) is 5.92 Å². The first-order valence-corrected chi connectivity index (χ1v) is 6.86. The molecule has 1 aromatic carbocycles. The van der Waals surface area contributed by atoms with Crippen LogP contribution in [0.25, 0.3) is 0 Å². The molecule has 0 aromatic heterocycles. The van der Waals surface area contributed by atoms with Crippen molar-refractivity contribution in [1.29, 1.82) is 0 Å². The summed E-state index contributed by atoms with van der Waals surface area (Å²) in [4.78, 5) is 0. The molecule has 0 aliphatic heterocycles. The third kappa shape index (κ3) is 4.92. The van der Waals surface area contributed by atoms with Gasteiger partial charge in [-0.25, -0.2) is 4.39 Å². The van der Waals surface area contributed by atoms with E-state index < -0.39 is 0 Å². The monoisotopic (exact) mass is 271 g/mol. The van der Waals surface area contributed by atoms with Gasteiger partial charge in [0.05, 0.1) is 5.02 Å². The van der Waals surface area contributed by atoms with Crippen LogP contribution in [-0.4, -0.2) is 19.8 Å². The fourth-order valence-corrected chi connectivity index (χ4v) is 1.92. The van der Waals surface area contributed by atoms with Gasteiger partial charge in [0.2, 0.25) is 0 Å². The maximum atomic E-state index is 12.9. The zero-order valence-corrected chi connectivity index (χ0v) is 11.2. The Balaban J connectivity index is 1.52. The van der Waals surface area contributed by atoms with Gasteiger partial charge in [0, 0.05) is 19.8 Å². The van der Waals surface area contributed by atoms with Gasteiger partial charge in [-0.1, -0.05) is 17.7 Å². The number of benzene rings is 1. The maximum absolute atomic E-state index is 12.9. The number of rotatable bonds is 8. The molecule has 2 nitrogen and oxygen atoms in total. The highest BCUT2D eigenvalue weighted by atomic mass is 35.5. The number of hydrogen-bond acceptors (Lipinski definition) is 2. The second-order valence-electron chi connectivity index (χ2n) is 4.80. The van der Waals surface area contributed by atoms with Crippen molar-refractivity contribution >= 4 is 11.6 Å². The molecule has 1 N–H and O–H groups in total. The molecule has 0 radical (unpaired) electrons. The van der Waals surface area contributed by atoms with Crippen molar-refractivity contribution < 1.29 is 9.13 Å². The van der Waals surface area contributed by atoms with Crippen LogP contribution in [0.3, 0.4) is 0 Å². The molecule has 1 saturated carbocycles. The SMILES string of the molecule is Fc1ccc(CNCCCOCC2CC2)cc1Cl. The second kappa shape index (κ2) is 7.07. The largest absolute Gasteiger partial charge is 0.381 e. The lowest BCUT2D eigenvalue weighted by Crippen LogP contribution is -2.16. The van der Waals surface area contributed by atoms with E-state index in [4.69, 9.17) is 16.3 Å². The fourth-order valence-electron chi connectivity index (χ4n) is 1.72. The first-order chi connectivity index (χ1) is 8.75. The normalized spacial score (nSPS) is 15.0. The summed E-state index contributed by atoms with van der Waals surface area (Å²) in [5.74, 6) is 0.466. The molecule has 0 amide bonds. The van der Waals surface area contributed by atoms with E-state index in [0.29, 0.717) is 6.54 Å². The summed E-state index contributed by atoms with van der Waals surface area (Å²) >= 11 is 5.71. The van der Waals surface area contributed by atoms with E-state index in [9.17, 15) is 4.39 Å². The van der Waals surface area contributed by atoms with Crippen molar-refractivity contribution in [3.63, 3.8) is 0 Å². The Morgan fingerprint density at radius 3 is 2.94 bits per heavy atom. The van der Waals surface area contributed by atoms with Gasteiger partial charge in [0.1, 0.15) is 5.82 Å². The van der Waals surface area contributed by atoms with Gasteiger partial charge in [-0.2, -0.15) is 0 Å². The molecule has 0 unspecified atom stereocenters. The van der Waals surface area contributed by atoms with Crippen LogP contribution < -0.4 is 5.32 Å². The number of ether oxygens (including phenoxy) is 1. The summed E-state index contributed by atoms with van der Waals surface area (Å²) in [5, 5.41) is 3.47. The third-order valence-corrected chi connectivity index (χ3v) is 3.30. The lowest BCUT2D eigenvalue weighted by Gasteiger charge is -2.06. The zero-order chi connectivity index (χ0) is 12.8. The molecule has 2 rings (SSSR count). The summed E-state index contributed by atoms with van der Waals surface area (Å²) in [7, 11) is 0. The van der Waals surface area contributed by atoms with Gasteiger partial charge in [0.25, 0.3) is 0 Å². The minimum Gasteiger partial charge on any atom is -0.381 e. The molecule has 0 bridgehead atoms. The summed E-state index contributed by atoms with van der Waals surface area (Å²) < 4.78 is 18.5. The van der Waals surface area contributed by atoms with Gasteiger partial charge in [-0.05, 0) is 49.4 Å². The lowest BCUT2D eigenvalue weighted by atomic mass is 10.2. The quantitative estimate of drug-likeness (QED) is 0.732. The van der Waals surface area contributed by atoms with Crippen LogP contribution in [0.4, 0.5) is 4.39 Å². The van der Waals surface area contributed by atoms with Crippen LogP contribution in [0.5, 0.6) is 0 Å². The summed E-state index contributed by atoms with van der Waals surface area (Å²) in [5.41, 5.74) is 1.00. The highest BCUT2D eigenvalue weighted by Gasteiger charge is 2.20. The van der Waals surface area contributed by atoms with Crippen LogP contribution >= 0.6 is 11.6 Å². The minimum atomic E-state index is -0.367. The number of halogens is 2. The van der Waals surface area contributed by atoms with Crippen molar-refractivity contribution in [3.05, 3.63) is 34.6 Å². The molecular weight excluding hydrogens is 253 g/mol. The van der Waals surface area contributed by atoms with Crippen molar-refractivity contribution in [2.75, 3.05) is 19.8 Å². The standard InChI is InChI=1S/C14H19ClFNO/c15-13-8-12(4-5-14(13)16)9-17-6-1-7-18-10-11-2-3-11/h4-5,8,11,17H,1-3,6-7,9-10H2. The fraction of sp³-hybridized carbons (Fsp3) is 0.571. The molecule has 0 heterocycles. The molecular formula is C14H19ClFNO. The van der Waals surface area contributed by atoms with Gasteiger partial charge in [-0.15, -0.1) is 0 Å². The van der Waals surface area contributed by atoms with Crippen molar-refractivity contribution in [2.45, 2.75) is 25.8 Å².